The number of amides is 1. The predicted molar refractivity (Wildman–Crippen MR) is 80.4 cm³/mol. The summed E-state index contributed by atoms with van der Waals surface area (Å²) in [6.07, 6.45) is 3.95. The fourth-order valence-corrected chi connectivity index (χ4v) is 2.86. The van der Waals surface area contributed by atoms with Crippen molar-refractivity contribution >= 4 is 11.6 Å². The summed E-state index contributed by atoms with van der Waals surface area (Å²) in [6, 6.07) is 5.29. The van der Waals surface area contributed by atoms with Gasteiger partial charge < -0.3 is 10.6 Å². The van der Waals surface area contributed by atoms with Crippen molar-refractivity contribution in [3.63, 3.8) is 0 Å². The fraction of sp³-hybridized carbons (Fsp3) is 0.533. The molecule has 0 heterocycles. The molecule has 0 aromatic heterocycles. The normalized spacial score (nSPS) is 21.8. The molecule has 0 radical (unpaired) electrons. The van der Waals surface area contributed by atoms with Gasteiger partial charge in [0.05, 0.1) is 4.92 Å². The molecule has 6 heteroatoms. The van der Waals surface area contributed by atoms with Crippen LogP contribution in [0.5, 0.6) is 0 Å². The second-order valence-corrected chi connectivity index (χ2v) is 5.52. The molecule has 0 unspecified atom stereocenters. The maximum atomic E-state index is 12.3. The van der Waals surface area contributed by atoms with Crippen LogP contribution < -0.4 is 10.6 Å². The summed E-state index contributed by atoms with van der Waals surface area (Å²) in [7, 11) is 1.95. The summed E-state index contributed by atoms with van der Waals surface area (Å²) in [4.78, 5) is 22.8. The van der Waals surface area contributed by atoms with E-state index in [-0.39, 0.29) is 17.6 Å². The van der Waals surface area contributed by atoms with E-state index in [1.165, 1.54) is 6.07 Å². The molecule has 114 valence electrons. The Morgan fingerprint density at radius 3 is 2.43 bits per heavy atom. The number of nitro benzene ring substituents is 1. The van der Waals surface area contributed by atoms with Crippen molar-refractivity contribution in [2.45, 2.75) is 44.7 Å². The zero-order valence-electron chi connectivity index (χ0n) is 12.4. The Balaban J connectivity index is 2.04. The van der Waals surface area contributed by atoms with Crippen molar-refractivity contribution in [3.8, 4) is 0 Å². The summed E-state index contributed by atoms with van der Waals surface area (Å²) in [5.74, 6) is -0.218. The lowest BCUT2D eigenvalue weighted by Crippen LogP contribution is -2.41. The standard InChI is InChI=1S/C15H21N3O3/c1-10-13(4-3-5-14(10)18(20)21)15(19)17-12-8-6-11(16-2)7-9-12/h3-5,11-12,16H,6-9H2,1-2H3,(H,17,19). The number of hydrogen-bond acceptors (Lipinski definition) is 4. The van der Waals surface area contributed by atoms with Gasteiger partial charge in [-0.15, -0.1) is 0 Å². The van der Waals surface area contributed by atoms with Gasteiger partial charge in [0.2, 0.25) is 0 Å². The van der Waals surface area contributed by atoms with E-state index in [0.29, 0.717) is 17.2 Å². The molecule has 2 N–H and O–H groups in total. The number of nitrogens with one attached hydrogen (secondary N) is 2. The molecule has 0 spiro atoms. The van der Waals surface area contributed by atoms with Gasteiger partial charge >= 0.3 is 0 Å². The highest BCUT2D eigenvalue weighted by atomic mass is 16.6. The monoisotopic (exact) mass is 291 g/mol. The van der Waals surface area contributed by atoms with Crippen LogP contribution in [-0.2, 0) is 0 Å². The lowest BCUT2D eigenvalue weighted by molar-refractivity contribution is -0.385. The van der Waals surface area contributed by atoms with Crippen LogP contribution in [0.2, 0.25) is 0 Å². The van der Waals surface area contributed by atoms with Crippen LogP contribution in [0, 0.1) is 17.0 Å². The first-order valence-corrected chi connectivity index (χ1v) is 7.25. The van der Waals surface area contributed by atoms with Gasteiger partial charge in [-0.05, 0) is 45.7 Å². The van der Waals surface area contributed by atoms with Crippen molar-refractivity contribution in [1.82, 2.24) is 10.6 Å². The van der Waals surface area contributed by atoms with Crippen LogP contribution in [0.25, 0.3) is 0 Å². The third-order valence-corrected chi connectivity index (χ3v) is 4.22. The van der Waals surface area contributed by atoms with E-state index in [1.54, 1.807) is 19.1 Å². The minimum absolute atomic E-state index is 0.0125. The molecule has 0 atom stereocenters. The first kappa shape index (κ1) is 15.4. The quantitative estimate of drug-likeness (QED) is 0.657. The maximum absolute atomic E-state index is 12.3. The molecule has 0 aliphatic heterocycles. The second kappa shape index (κ2) is 6.67. The zero-order valence-corrected chi connectivity index (χ0v) is 12.4. The Kier molecular flexibility index (Phi) is 4.90. The molecule has 1 saturated carbocycles. The molecule has 2 rings (SSSR count). The average molecular weight is 291 g/mol. The fourth-order valence-electron chi connectivity index (χ4n) is 2.86. The summed E-state index contributed by atoms with van der Waals surface area (Å²) in [5.41, 5.74) is 0.797. The number of nitrogens with zero attached hydrogens (tertiary/aromatic N) is 1. The number of nitro groups is 1. The van der Waals surface area contributed by atoms with Crippen LogP contribution in [0.1, 0.15) is 41.6 Å². The highest BCUT2D eigenvalue weighted by Gasteiger charge is 2.23. The minimum Gasteiger partial charge on any atom is -0.349 e. The van der Waals surface area contributed by atoms with Gasteiger partial charge in [-0.1, -0.05) is 6.07 Å². The topological polar surface area (TPSA) is 84.3 Å². The van der Waals surface area contributed by atoms with Crippen LogP contribution in [0.4, 0.5) is 5.69 Å². The zero-order chi connectivity index (χ0) is 15.4. The highest BCUT2D eigenvalue weighted by Crippen LogP contribution is 2.22. The van der Waals surface area contributed by atoms with Crippen molar-refractivity contribution in [3.05, 3.63) is 39.4 Å². The molecule has 21 heavy (non-hydrogen) atoms. The van der Waals surface area contributed by atoms with Crippen molar-refractivity contribution in [1.29, 1.82) is 0 Å². The molecular formula is C15H21N3O3. The van der Waals surface area contributed by atoms with Crippen LogP contribution in [0.3, 0.4) is 0 Å². The Labute approximate surface area is 124 Å². The van der Waals surface area contributed by atoms with Crippen molar-refractivity contribution in [2.24, 2.45) is 0 Å². The molecule has 1 aromatic carbocycles. The SMILES string of the molecule is CNC1CCC(NC(=O)c2cccc([N+](=O)[O-])c2C)CC1. The van der Waals surface area contributed by atoms with Gasteiger partial charge in [0.1, 0.15) is 0 Å². The summed E-state index contributed by atoms with van der Waals surface area (Å²) >= 11 is 0. The third kappa shape index (κ3) is 3.58. The van der Waals surface area contributed by atoms with E-state index in [4.69, 9.17) is 0 Å². The highest BCUT2D eigenvalue weighted by molar-refractivity contribution is 5.96. The lowest BCUT2D eigenvalue weighted by atomic mass is 9.91. The molecule has 6 nitrogen and oxygen atoms in total. The molecule has 1 aromatic rings. The Hall–Kier alpha value is -1.95. The van der Waals surface area contributed by atoms with Gasteiger partial charge in [0.25, 0.3) is 11.6 Å². The molecule has 1 amide bonds. The molecule has 1 fully saturated rings. The minimum atomic E-state index is -0.454. The predicted octanol–water partition coefficient (Wildman–Crippen LogP) is 2.16. The van der Waals surface area contributed by atoms with E-state index < -0.39 is 4.92 Å². The number of hydrogen-bond donors (Lipinski definition) is 2. The Morgan fingerprint density at radius 2 is 1.86 bits per heavy atom. The molecule has 1 aliphatic carbocycles. The van der Waals surface area contributed by atoms with Crippen molar-refractivity contribution in [2.75, 3.05) is 7.05 Å². The molecule has 0 saturated heterocycles. The first-order valence-electron chi connectivity index (χ1n) is 7.25. The lowest BCUT2D eigenvalue weighted by Gasteiger charge is -2.28. The van der Waals surface area contributed by atoms with Gasteiger partial charge in [0.15, 0.2) is 0 Å². The maximum Gasteiger partial charge on any atom is 0.273 e. The van der Waals surface area contributed by atoms with Gasteiger partial charge in [-0.25, -0.2) is 0 Å². The van der Waals surface area contributed by atoms with Crippen molar-refractivity contribution < 1.29 is 9.72 Å². The Bertz CT molecular complexity index is 537. The number of benzene rings is 1. The van der Waals surface area contributed by atoms with E-state index in [2.05, 4.69) is 10.6 Å². The van der Waals surface area contributed by atoms with Gasteiger partial charge in [-0.2, -0.15) is 0 Å². The molecule has 0 bridgehead atoms. The van der Waals surface area contributed by atoms with E-state index in [0.717, 1.165) is 25.7 Å². The van der Waals surface area contributed by atoms with Gasteiger partial charge in [-0.3, -0.25) is 14.9 Å². The number of carbonyl (C=O) groups is 1. The van der Waals surface area contributed by atoms with E-state index in [1.807, 2.05) is 7.05 Å². The average Bonchev–Trinajstić information content (AvgIpc) is 2.47. The number of rotatable bonds is 4. The smallest absolute Gasteiger partial charge is 0.273 e. The summed E-state index contributed by atoms with van der Waals surface area (Å²) < 4.78 is 0. The van der Waals surface area contributed by atoms with Crippen LogP contribution in [0.15, 0.2) is 18.2 Å². The van der Waals surface area contributed by atoms with Crippen LogP contribution in [-0.4, -0.2) is 30.0 Å². The van der Waals surface area contributed by atoms with E-state index >= 15 is 0 Å². The number of carbonyl (C=O) groups excluding carboxylic acids is 1. The van der Waals surface area contributed by atoms with Gasteiger partial charge in [0, 0.05) is 29.3 Å². The molecular weight excluding hydrogens is 270 g/mol. The third-order valence-electron chi connectivity index (χ3n) is 4.22. The molecule has 1 aliphatic rings. The van der Waals surface area contributed by atoms with Crippen LogP contribution >= 0.6 is 0 Å². The largest absolute Gasteiger partial charge is 0.349 e. The summed E-state index contributed by atoms with van der Waals surface area (Å²) in [6.45, 7) is 1.62. The Morgan fingerprint density at radius 1 is 1.24 bits per heavy atom. The first-order chi connectivity index (χ1) is 10.0. The second-order valence-electron chi connectivity index (χ2n) is 5.52. The van der Waals surface area contributed by atoms with E-state index in [9.17, 15) is 14.9 Å². The summed E-state index contributed by atoms with van der Waals surface area (Å²) in [5, 5.41) is 17.2.